The number of nitrogens with one attached hydrogen (secondary N) is 2. The average molecular weight is 292 g/mol. The number of pyridine rings is 2. The minimum Gasteiger partial charge on any atom is -0.365 e. The van der Waals surface area contributed by atoms with Crippen LogP contribution in [0.4, 0.5) is 5.82 Å². The van der Waals surface area contributed by atoms with Crippen molar-refractivity contribution in [1.82, 2.24) is 25.3 Å². The Bertz CT molecular complexity index is 783. The monoisotopic (exact) mass is 292 g/mol. The highest BCUT2D eigenvalue weighted by Gasteiger charge is 2.17. The zero-order valence-electron chi connectivity index (χ0n) is 12.0. The van der Waals surface area contributed by atoms with Gasteiger partial charge >= 0.3 is 0 Å². The van der Waals surface area contributed by atoms with Crippen LogP contribution in [0.2, 0.25) is 0 Å². The third kappa shape index (κ3) is 2.48. The van der Waals surface area contributed by atoms with E-state index < -0.39 is 0 Å². The first-order valence-electron chi connectivity index (χ1n) is 7.39. The van der Waals surface area contributed by atoms with E-state index in [1.807, 2.05) is 18.2 Å². The van der Waals surface area contributed by atoms with Crippen LogP contribution in [-0.2, 0) is 0 Å². The maximum absolute atomic E-state index is 4.73. The predicted octanol–water partition coefficient (Wildman–Crippen LogP) is 1.86. The van der Waals surface area contributed by atoms with Gasteiger partial charge in [0.1, 0.15) is 5.82 Å². The van der Waals surface area contributed by atoms with Gasteiger partial charge in [0.05, 0.1) is 11.7 Å². The molecule has 0 amide bonds. The zero-order chi connectivity index (χ0) is 14.8. The molecule has 1 aliphatic heterocycles. The summed E-state index contributed by atoms with van der Waals surface area (Å²) in [6.45, 7) is 2.00. The molecule has 1 atom stereocenters. The summed E-state index contributed by atoms with van der Waals surface area (Å²) < 4.78 is 0. The molecule has 0 unspecified atom stereocenters. The van der Waals surface area contributed by atoms with Crippen LogP contribution in [0, 0.1) is 0 Å². The van der Waals surface area contributed by atoms with Crippen molar-refractivity contribution in [2.24, 2.45) is 0 Å². The van der Waals surface area contributed by atoms with E-state index in [9.17, 15) is 0 Å². The smallest absolute Gasteiger partial charge is 0.162 e. The Morgan fingerprint density at radius 2 is 1.91 bits per heavy atom. The van der Waals surface area contributed by atoms with Crippen LogP contribution in [0.1, 0.15) is 6.42 Å². The Balaban J connectivity index is 1.82. The maximum Gasteiger partial charge on any atom is 0.162 e. The van der Waals surface area contributed by atoms with Gasteiger partial charge in [-0.15, -0.1) is 0 Å². The first kappa shape index (κ1) is 13.1. The van der Waals surface area contributed by atoms with E-state index in [1.165, 1.54) is 0 Å². The lowest BCUT2D eigenvalue weighted by Crippen LogP contribution is -2.23. The Morgan fingerprint density at radius 3 is 2.73 bits per heavy atom. The molecule has 4 rings (SSSR count). The van der Waals surface area contributed by atoms with E-state index in [-0.39, 0.29) is 0 Å². The minimum absolute atomic E-state index is 0.400. The number of hydrogen-bond donors (Lipinski definition) is 2. The van der Waals surface area contributed by atoms with Crippen molar-refractivity contribution >= 4 is 16.7 Å². The molecule has 0 spiro atoms. The van der Waals surface area contributed by atoms with Crippen LogP contribution in [0.15, 0.2) is 43.0 Å². The van der Waals surface area contributed by atoms with Gasteiger partial charge < -0.3 is 10.6 Å². The summed E-state index contributed by atoms with van der Waals surface area (Å²) in [6, 6.07) is 6.18. The molecule has 4 heterocycles. The summed E-state index contributed by atoms with van der Waals surface area (Å²) in [6.07, 6.45) is 8.15. The second-order valence-electron chi connectivity index (χ2n) is 5.36. The lowest BCUT2D eigenvalue weighted by molar-refractivity contribution is 0.789. The van der Waals surface area contributed by atoms with E-state index in [2.05, 4.69) is 25.6 Å². The van der Waals surface area contributed by atoms with Gasteiger partial charge in [-0.2, -0.15) is 0 Å². The molecule has 1 saturated heterocycles. The maximum atomic E-state index is 4.73. The summed E-state index contributed by atoms with van der Waals surface area (Å²) in [5.41, 5.74) is 1.80. The SMILES string of the molecule is c1cc(-c2nc(N[C@@H]3CCNC3)c3ccncc3n2)ccn1. The normalized spacial score (nSPS) is 17.7. The van der Waals surface area contributed by atoms with E-state index in [4.69, 9.17) is 4.98 Å². The highest BCUT2D eigenvalue weighted by atomic mass is 15.1. The number of fused-ring (bicyclic) bond motifs is 1. The molecule has 0 saturated carbocycles. The number of anilines is 1. The molecule has 6 nitrogen and oxygen atoms in total. The van der Waals surface area contributed by atoms with Gasteiger partial charge in [-0.25, -0.2) is 9.97 Å². The van der Waals surface area contributed by atoms with E-state index in [0.29, 0.717) is 11.9 Å². The van der Waals surface area contributed by atoms with Crippen molar-refractivity contribution < 1.29 is 0 Å². The van der Waals surface area contributed by atoms with Gasteiger partial charge in [0.15, 0.2) is 5.82 Å². The molecule has 6 heteroatoms. The third-order valence-corrected chi connectivity index (χ3v) is 3.84. The summed E-state index contributed by atoms with van der Waals surface area (Å²) >= 11 is 0. The molecule has 110 valence electrons. The van der Waals surface area contributed by atoms with Gasteiger partial charge in [0, 0.05) is 42.1 Å². The summed E-state index contributed by atoms with van der Waals surface area (Å²) in [4.78, 5) is 17.6. The predicted molar refractivity (Wildman–Crippen MR) is 85.5 cm³/mol. The Kier molecular flexibility index (Phi) is 3.36. The number of aromatic nitrogens is 4. The summed E-state index contributed by atoms with van der Waals surface area (Å²) in [5, 5.41) is 7.90. The Labute approximate surface area is 128 Å². The van der Waals surface area contributed by atoms with Crippen molar-refractivity contribution in [2.45, 2.75) is 12.5 Å². The van der Waals surface area contributed by atoms with Crippen molar-refractivity contribution in [3.8, 4) is 11.4 Å². The van der Waals surface area contributed by atoms with Gasteiger partial charge in [-0.3, -0.25) is 9.97 Å². The van der Waals surface area contributed by atoms with Crippen molar-refractivity contribution in [3.05, 3.63) is 43.0 Å². The molecule has 0 aromatic carbocycles. The molecule has 3 aromatic rings. The fourth-order valence-corrected chi connectivity index (χ4v) is 2.69. The zero-order valence-corrected chi connectivity index (χ0v) is 12.0. The Morgan fingerprint density at radius 1 is 1.05 bits per heavy atom. The molecule has 3 aromatic heterocycles. The van der Waals surface area contributed by atoms with Gasteiger partial charge in [-0.05, 0) is 31.2 Å². The van der Waals surface area contributed by atoms with Crippen LogP contribution in [0.5, 0.6) is 0 Å². The molecule has 2 N–H and O–H groups in total. The van der Waals surface area contributed by atoms with Crippen LogP contribution in [-0.4, -0.2) is 39.1 Å². The number of rotatable bonds is 3. The van der Waals surface area contributed by atoms with Gasteiger partial charge in [0.25, 0.3) is 0 Å². The molecule has 1 fully saturated rings. The van der Waals surface area contributed by atoms with Crippen LogP contribution in [0.3, 0.4) is 0 Å². The first-order valence-corrected chi connectivity index (χ1v) is 7.39. The summed E-state index contributed by atoms with van der Waals surface area (Å²) in [7, 11) is 0. The molecule has 22 heavy (non-hydrogen) atoms. The topological polar surface area (TPSA) is 75.6 Å². The van der Waals surface area contributed by atoms with Crippen LogP contribution >= 0.6 is 0 Å². The van der Waals surface area contributed by atoms with Crippen molar-refractivity contribution in [2.75, 3.05) is 18.4 Å². The first-order chi connectivity index (χ1) is 10.9. The Hall–Kier alpha value is -2.60. The van der Waals surface area contributed by atoms with Crippen molar-refractivity contribution in [1.29, 1.82) is 0 Å². The third-order valence-electron chi connectivity index (χ3n) is 3.84. The lowest BCUT2D eigenvalue weighted by atomic mass is 10.2. The largest absolute Gasteiger partial charge is 0.365 e. The van der Waals surface area contributed by atoms with Gasteiger partial charge in [-0.1, -0.05) is 0 Å². The number of hydrogen-bond acceptors (Lipinski definition) is 6. The summed E-state index contributed by atoms with van der Waals surface area (Å²) in [5.74, 6) is 1.56. The second kappa shape index (κ2) is 5.65. The quantitative estimate of drug-likeness (QED) is 0.767. The standard InChI is InChI=1S/C16H16N6/c1-5-17-6-2-11(1)15-21-14-10-19-8-4-13(14)16(22-15)20-12-3-7-18-9-12/h1-2,4-6,8,10,12,18H,3,7,9H2,(H,20,21,22)/t12-/m1/s1. The highest BCUT2D eigenvalue weighted by Crippen LogP contribution is 2.25. The van der Waals surface area contributed by atoms with Crippen LogP contribution in [0.25, 0.3) is 22.3 Å². The highest BCUT2D eigenvalue weighted by molar-refractivity contribution is 5.90. The van der Waals surface area contributed by atoms with Crippen LogP contribution < -0.4 is 10.6 Å². The molecule has 1 aliphatic rings. The van der Waals surface area contributed by atoms with E-state index >= 15 is 0 Å². The molecule has 0 bridgehead atoms. The number of nitrogens with zero attached hydrogens (tertiary/aromatic N) is 4. The van der Waals surface area contributed by atoms with E-state index in [1.54, 1.807) is 24.8 Å². The van der Waals surface area contributed by atoms with E-state index in [0.717, 1.165) is 41.8 Å². The van der Waals surface area contributed by atoms with Gasteiger partial charge in [0.2, 0.25) is 0 Å². The molecular formula is C16H16N6. The molecule has 0 aliphatic carbocycles. The van der Waals surface area contributed by atoms with Crippen molar-refractivity contribution in [3.63, 3.8) is 0 Å². The lowest BCUT2D eigenvalue weighted by Gasteiger charge is -2.15. The second-order valence-corrected chi connectivity index (χ2v) is 5.36. The average Bonchev–Trinajstić information content (AvgIpc) is 3.09. The minimum atomic E-state index is 0.400. The molecular weight excluding hydrogens is 276 g/mol. The fraction of sp³-hybridized carbons (Fsp3) is 0.250. The molecule has 0 radical (unpaired) electrons. The fourth-order valence-electron chi connectivity index (χ4n) is 2.69.